The van der Waals surface area contributed by atoms with E-state index in [1.165, 1.54) is 14.7 Å². The fourth-order valence-electron chi connectivity index (χ4n) is 1.70. The van der Waals surface area contributed by atoms with Gasteiger partial charge in [-0.1, -0.05) is 18.2 Å². The highest BCUT2D eigenvalue weighted by Crippen LogP contribution is 2.24. The second kappa shape index (κ2) is 4.59. The third-order valence-electron chi connectivity index (χ3n) is 2.52. The summed E-state index contributed by atoms with van der Waals surface area (Å²) in [7, 11) is 0. The van der Waals surface area contributed by atoms with Crippen molar-refractivity contribution in [1.82, 2.24) is 5.32 Å². The number of benzene rings is 1. The third kappa shape index (κ3) is 2.10. The Morgan fingerprint density at radius 3 is 3.07 bits per heavy atom. The SMILES string of the molecule is Cc1cccc(C2COCCN2)c1I. The van der Waals surface area contributed by atoms with Crippen molar-refractivity contribution in [2.75, 3.05) is 19.8 Å². The number of nitrogens with one attached hydrogen (secondary N) is 1. The Morgan fingerprint density at radius 1 is 1.50 bits per heavy atom. The summed E-state index contributed by atoms with van der Waals surface area (Å²) in [6, 6.07) is 6.81. The lowest BCUT2D eigenvalue weighted by Gasteiger charge is -2.25. The Kier molecular flexibility index (Phi) is 3.41. The van der Waals surface area contributed by atoms with E-state index in [0.29, 0.717) is 6.04 Å². The summed E-state index contributed by atoms with van der Waals surface area (Å²) in [5.74, 6) is 0. The van der Waals surface area contributed by atoms with Crippen LogP contribution in [0.5, 0.6) is 0 Å². The molecule has 1 aromatic carbocycles. The van der Waals surface area contributed by atoms with Crippen LogP contribution in [0.15, 0.2) is 18.2 Å². The molecule has 1 heterocycles. The normalized spacial score (nSPS) is 22.3. The Hall–Kier alpha value is -0.130. The molecular weight excluding hydrogens is 289 g/mol. The molecule has 2 rings (SSSR count). The Balaban J connectivity index is 2.26. The number of hydrogen-bond acceptors (Lipinski definition) is 2. The smallest absolute Gasteiger partial charge is 0.0662 e. The lowest BCUT2D eigenvalue weighted by atomic mass is 10.0. The number of aryl methyl sites for hydroxylation is 1. The van der Waals surface area contributed by atoms with Crippen molar-refractivity contribution < 1.29 is 4.74 Å². The van der Waals surface area contributed by atoms with Crippen LogP contribution in [0.3, 0.4) is 0 Å². The highest BCUT2D eigenvalue weighted by atomic mass is 127. The highest BCUT2D eigenvalue weighted by molar-refractivity contribution is 14.1. The summed E-state index contributed by atoms with van der Waals surface area (Å²) in [5, 5.41) is 3.47. The van der Waals surface area contributed by atoms with Gasteiger partial charge in [-0.25, -0.2) is 0 Å². The van der Waals surface area contributed by atoms with Gasteiger partial charge in [0.05, 0.1) is 19.3 Å². The minimum Gasteiger partial charge on any atom is -0.378 e. The topological polar surface area (TPSA) is 21.3 Å². The molecular formula is C11H14INO. The third-order valence-corrected chi connectivity index (χ3v) is 3.99. The summed E-state index contributed by atoms with van der Waals surface area (Å²) >= 11 is 2.41. The van der Waals surface area contributed by atoms with Crippen molar-refractivity contribution in [2.45, 2.75) is 13.0 Å². The first-order chi connectivity index (χ1) is 6.79. The van der Waals surface area contributed by atoms with Crippen molar-refractivity contribution in [3.63, 3.8) is 0 Å². The zero-order valence-corrected chi connectivity index (χ0v) is 10.4. The van der Waals surface area contributed by atoms with Gasteiger partial charge < -0.3 is 10.1 Å². The first-order valence-electron chi connectivity index (χ1n) is 4.85. The van der Waals surface area contributed by atoms with Crippen molar-refractivity contribution in [3.8, 4) is 0 Å². The lowest BCUT2D eigenvalue weighted by molar-refractivity contribution is 0.0766. The molecule has 1 atom stereocenters. The second-order valence-electron chi connectivity index (χ2n) is 3.56. The van der Waals surface area contributed by atoms with Crippen LogP contribution in [0, 0.1) is 10.5 Å². The first kappa shape index (κ1) is 10.4. The quantitative estimate of drug-likeness (QED) is 0.804. The molecule has 1 aliphatic heterocycles. The van der Waals surface area contributed by atoms with Crippen LogP contribution in [0.25, 0.3) is 0 Å². The predicted molar refractivity (Wildman–Crippen MR) is 65.5 cm³/mol. The number of morpholine rings is 1. The van der Waals surface area contributed by atoms with Crippen molar-refractivity contribution in [2.24, 2.45) is 0 Å². The van der Waals surface area contributed by atoms with E-state index >= 15 is 0 Å². The van der Waals surface area contributed by atoms with Gasteiger partial charge in [0.2, 0.25) is 0 Å². The monoisotopic (exact) mass is 303 g/mol. The van der Waals surface area contributed by atoms with Crippen LogP contribution in [0.4, 0.5) is 0 Å². The fraction of sp³-hybridized carbons (Fsp3) is 0.455. The maximum absolute atomic E-state index is 5.47. The summed E-state index contributed by atoms with van der Waals surface area (Å²) in [5.41, 5.74) is 2.71. The number of rotatable bonds is 1. The van der Waals surface area contributed by atoms with Gasteiger partial charge >= 0.3 is 0 Å². The fourth-order valence-corrected chi connectivity index (χ4v) is 2.44. The summed E-state index contributed by atoms with van der Waals surface area (Å²) in [4.78, 5) is 0. The van der Waals surface area contributed by atoms with Gasteiger partial charge in [-0.05, 0) is 40.6 Å². The number of ether oxygens (including phenoxy) is 1. The molecule has 1 aromatic rings. The average Bonchev–Trinajstić information content (AvgIpc) is 2.23. The van der Waals surface area contributed by atoms with Crippen LogP contribution < -0.4 is 5.32 Å². The zero-order chi connectivity index (χ0) is 9.97. The van der Waals surface area contributed by atoms with E-state index in [1.54, 1.807) is 0 Å². The van der Waals surface area contributed by atoms with E-state index < -0.39 is 0 Å². The molecule has 1 N–H and O–H groups in total. The van der Waals surface area contributed by atoms with E-state index in [0.717, 1.165) is 19.8 Å². The van der Waals surface area contributed by atoms with Gasteiger partial charge in [0.1, 0.15) is 0 Å². The van der Waals surface area contributed by atoms with Gasteiger partial charge in [0.15, 0.2) is 0 Å². The number of hydrogen-bond donors (Lipinski definition) is 1. The van der Waals surface area contributed by atoms with E-state index in [-0.39, 0.29) is 0 Å². The Labute approximate surface area is 98.2 Å². The molecule has 76 valence electrons. The molecule has 1 saturated heterocycles. The molecule has 0 spiro atoms. The van der Waals surface area contributed by atoms with Crippen LogP contribution in [0.2, 0.25) is 0 Å². The van der Waals surface area contributed by atoms with Crippen molar-refractivity contribution in [1.29, 1.82) is 0 Å². The lowest BCUT2D eigenvalue weighted by Crippen LogP contribution is -2.35. The molecule has 1 unspecified atom stereocenters. The molecule has 0 aliphatic carbocycles. The van der Waals surface area contributed by atoms with Crippen LogP contribution in [-0.4, -0.2) is 19.8 Å². The van der Waals surface area contributed by atoms with E-state index in [9.17, 15) is 0 Å². The average molecular weight is 303 g/mol. The van der Waals surface area contributed by atoms with E-state index in [1.807, 2.05) is 0 Å². The molecule has 2 nitrogen and oxygen atoms in total. The summed E-state index contributed by atoms with van der Waals surface area (Å²) in [6.07, 6.45) is 0. The van der Waals surface area contributed by atoms with Gasteiger partial charge in [0.25, 0.3) is 0 Å². The van der Waals surface area contributed by atoms with Gasteiger partial charge in [-0.15, -0.1) is 0 Å². The second-order valence-corrected chi connectivity index (χ2v) is 4.64. The molecule has 1 aliphatic rings. The van der Waals surface area contributed by atoms with Crippen molar-refractivity contribution >= 4 is 22.6 Å². The Morgan fingerprint density at radius 2 is 2.36 bits per heavy atom. The minimum absolute atomic E-state index is 0.371. The largest absolute Gasteiger partial charge is 0.378 e. The molecule has 0 aromatic heterocycles. The maximum Gasteiger partial charge on any atom is 0.0662 e. The maximum atomic E-state index is 5.47. The molecule has 0 bridgehead atoms. The highest BCUT2D eigenvalue weighted by Gasteiger charge is 2.17. The van der Waals surface area contributed by atoms with Crippen LogP contribution >= 0.6 is 22.6 Å². The first-order valence-corrected chi connectivity index (χ1v) is 5.93. The number of halogens is 1. The molecule has 3 heteroatoms. The molecule has 0 radical (unpaired) electrons. The van der Waals surface area contributed by atoms with Gasteiger partial charge in [-0.3, -0.25) is 0 Å². The van der Waals surface area contributed by atoms with Crippen LogP contribution in [0.1, 0.15) is 17.2 Å². The van der Waals surface area contributed by atoms with Gasteiger partial charge in [0, 0.05) is 10.1 Å². The molecule has 0 saturated carbocycles. The molecule has 0 amide bonds. The standard InChI is InChI=1S/C11H14INO/c1-8-3-2-4-9(11(8)12)10-7-14-6-5-13-10/h2-4,10,13H,5-7H2,1H3. The van der Waals surface area contributed by atoms with Crippen LogP contribution in [-0.2, 0) is 4.74 Å². The molecule has 1 fully saturated rings. The van der Waals surface area contributed by atoms with Crippen molar-refractivity contribution in [3.05, 3.63) is 32.9 Å². The molecule has 14 heavy (non-hydrogen) atoms. The van der Waals surface area contributed by atoms with E-state index in [2.05, 4.69) is 53.0 Å². The Bertz CT molecular complexity index is 321. The minimum atomic E-state index is 0.371. The van der Waals surface area contributed by atoms with E-state index in [4.69, 9.17) is 4.74 Å². The van der Waals surface area contributed by atoms with Gasteiger partial charge in [-0.2, -0.15) is 0 Å². The summed E-state index contributed by atoms with van der Waals surface area (Å²) in [6.45, 7) is 4.72. The predicted octanol–water partition coefficient (Wildman–Crippen LogP) is 2.26. The summed E-state index contributed by atoms with van der Waals surface area (Å²) < 4.78 is 6.82. The zero-order valence-electron chi connectivity index (χ0n) is 8.22.